The van der Waals surface area contributed by atoms with Gasteiger partial charge in [-0.05, 0) is 49.6 Å². The quantitative estimate of drug-likeness (QED) is 0.785. The van der Waals surface area contributed by atoms with Crippen LogP contribution in [-0.4, -0.2) is 12.6 Å². The van der Waals surface area contributed by atoms with Gasteiger partial charge in [-0.2, -0.15) is 0 Å². The Balaban J connectivity index is 1.88. The molecule has 0 spiro atoms. The van der Waals surface area contributed by atoms with Crippen LogP contribution in [-0.2, 0) is 6.54 Å². The van der Waals surface area contributed by atoms with E-state index in [1.54, 1.807) is 0 Å². The minimum atomic E-state index is 0.267. The van der Waals surface area contributed by atoms with Crippen LogP contribution < -0.4 is 10.1 Å². The summed E-state index contributed by atoms with van der Waals surface area (Å²) in [5, 5.41) is 3.31. The molecule has 17 heavy (non-hydrogen) atoms. The molecular weight excluding hydrogens is 210 g/mol. The van der Waals surface area contributed by atoms with Crippen molar-refractivity contribution in [1.82, 2.24) is 5.32 Å². The maximum atomic E-state index is 5.91. The topological polar surface area (TPSA) is 21.3 Å². The summed E-state index contributed by atoms with van der Waals surface area (Å²) in [4.78, 5) is 0. The zero-order valence-corrected chi connectivity index (χ0v) is 10.5. The molecule has 0 saturated carbocycles. The molecular formula is C15H21NO. The van der Waals surface area contributed by atoms with Crippen molar-refractivity contribution < 1.29 is 4.74 Å². The van der Waals surface area contributed by atoms with Gasteiger partial charge in [0.25, 0.3) is 0 Å². The van der Waals surface area contributed by atoms with Gasteiger partial charge in [0.15, 0.2) is 0 Å². The SMILES string of the molecule is CCNCc1ccc(OC2C=CCCC2)cc1. The third-order valence-corrected chi connectivity index (χ3v) is 3.00. The summed E-state index contributed by atoms with van der Waals surface area (Å²) < 4.78 is 5.91. The average Bonchev–Trinajstić information content (AvgIpc) is 2.39. The lowest BCUT2D eigenvalue weighted by Gasteiger charge is -2.18. The van der Waals surface area contributed by atoms with E-state index < -0.39 is 0 Å². The Labute approximate surface area is 104 Å². The second-order valence-corrected chi connectivity index (χ2v) is 4.44. The van der Waals surface area contributed by atoms with Crippen LogP contribution in [0.25, 0.3) is 0 Å². The van der Waals surface area contributed by atoms with Crippen molar-refractivity contribution >= 4 is 0 Å². The highest BCUT2D eigenvalue weighted by atomic mass is 16.5. The molecule has 1 aliphatic carbocycles. The molecule has 0 saturated heterocycles. The summed E-state index contributed by atoms with van der Waals surface area (Å²) in [5.41, 5.74) is 1.30. The van der Waals surface area contributed by atoms with Crippen molar-refractivity contribution in [1.29, 1.82) is 0 Å². The molecule has 1 unspecified atom stereocenters. The first-order valence-electron chi connectivity index (χ1n) is 6.51. The molecule has 1 aromatic rings. The predicted molar refractivity (Wildman–Crippen MR) is 71.2 cm³/mol. The maximum absolute atomic E-state index is 5.91. The average molecular weight is 231 g/mol. The van der Waals surface area contributed by atoms with E-state index in [0.29, 0.717) is 0 Å². The molecule has 92 valence electrons. The van der Waals surface area contributed by atoms with E-state index >= 15 is 0 Å². The zero-order valence-electron chi connectivity index (χ0n) is 10.5. The highest BCUT2D eigenvalue weighted by molar-refractivity contribution is 5.27. The van der Waals surface area contributed by atoms with Crippen LogP contribution in [0.1, 0.15) is 31.7 Å². The molecule has 0 bridgehead atoms. The van der Waals surface area contributed by atoms with Crippen LogP contribution in [0.15, 0.2) is 36.4 Å². The van der Waals surface area contributed by atoms with Gasteiger partial charge in [-0.3, -0.25) is 0 Å². The summed E-state index contributed by atoms with van der Waals surface area (Å²) in [5.74, 6) is 0.974. The van der Waals surface area contributed by atoms with Gasteiger partial charge in [-0.25, -0.2) is 0 Å². The van der Waals surface area contributed by atoms with E-state index in [1.807, 2.05) is 0 Å². The number of hydrogen-bond acceptors (Lipinski definition) is 2. The number of benzene rings is 1. The summed E-state index contributed by atoms with van der Waals surface area (Å²) in [6.07, 6.45) is 8.23. The Morgan fingerprint density at radius 1 is 1.29 bits per heavy atom. The first kappa shape index (κ1) is 12.2. The van der Waals surface area contributed by atoms with Gasteiger partial charge in [0.05, 0.1) is 0 Å². The number of ether oxygens (including phenoxy) is 1. The molecule has 0 fully saturated rings. The Hall–Kier alpha value is -1.28. The van der Waals surface area contributed by atoms with E-state index in [-0.39, 0.29) is 6.10 Å². The molecule has 1 N–H and O–H groups in total. The van der Waals surface area contributed by atoms with Crippen LogP contribution in [0.2, 0.25) is 0 Å². The molecule has 2 rings (SSSR count). The minimum Gasteiger partial charge on any atom is -0.486 e. The van der Waals surface area contributed by atoms with Crippen molar-refractivity contribution in [2.24, 2.45) is 0 Å². The van der Waals surface area contributed by atoms with Gasteiger partial charge < -0.3 is 10.1 Å². The van der Waals surface area contributed by atoms with E-state index in [1.165, 1.54) is 18.4 Å². The largest absolute Gasteiger partial charge is 0.486 e. The number of rotatable bonds is 5. The molecule has 0 heterocycles. The monoisotopic (exact) mass is 231 g/mol. The Morgan fingerprint density at radius 3 is 2.76 bits per heavy atom. The fraction of sp³-hybridized carbons (Fsp3) is 0.467. The highest BCUT2D eigenvalue weighted by Crippen LogP contribution is 2.19. The standard InChI is InChI=1S/C15H21NO/c1-2-16-12-13-8-10-15(11-9-13)17-14-6-4-3-5-7-14/h4,6,8-11,14,16H,2-3,5,7,12H2,1H3. The van der Waals surface area contributed by atoms with Crippen LogP contribution in [0.3, 0.4) is 0 Å². The molecule has 2 heteroatoms. The van der Waals surface area contributed by atoms with Gasteiger partial charge in [0.2, 0.25) is 0 Å². The Kier molecular flexibility index (Phi) is 4.63. The number of nitrogens with one attached hydrogen (secondary N) is 1. The lowest BCUT2D eigenvalue weighted by atomic mass is 10.1. The number of hydrogen-bond donors (Lipinski definition) is 1. The van der Waals surface area contributed by atoms with Crippen molar-refractivity contribution in [2.45, 2.75) is 38.8 Å². The fourth-order valence-electron chi connectivity index (χ4n) is 2.01. The fourth-order valence-corrected chi connectivity index (χ4v) is 2.01. The van der Waals surface area contributed by atoms with Crippen molar-refractivity contribution in [3.8, 4) is 5.75 Å². The first-order chi connectivity index (χ1) is 8.38. The zero-order chi connectivity index (χ0) is 11.9. The molecule has 0 aliphatic heterocycles. The normalized spacial score (nSPS) is 19.2. The highest BCUT2D eigenvalue weighted by Gasteiger charge is 2.09. The van der Waals surface area contributed by atoms with Crippen LogP contribution in [0, 0.1) is 0 Å². The lowest BCUT2D eigenvalue weighted by Crippen LogP contribution is -2.15. The molecule has 1 aliphatic rings. The van der Waals surface area contributed by atoms with E-state index in [4.69, 9.17) is 4.74 Å². The second kappa shape index (κ2) is 6.45. The Bertz CT molecular complexity index is 356. The summed E-state index contributed by atoms with van der Waals surface area (Å²) in [7, 11) is 0. The third-order valence-electron chi connectivity index (χ3n) is 3.00. The molecule has 1 atom stereocenters. The van der Waals surface area contributed by atoms with E-state index in [9.17, 15) is 0 Å². The van der Waals surface area contributed by atoms with E-state index in [0.717, 1.165) is 25.3 Å². The predicted octanol–water partition coefficient (Wildman–Crippen LogP) is 3.28. The summed E-state index contributed by atoms with van der Waals surface area (Å²) in [6, 6.07) is 8.39. The van der Waals surface area contributed by atoms with E-state index in [2.05, 4.69) is 48.7 Å². The van der Waals surface area contributed by atoms with Crippen molar-refractivity contribution in [3.63, 3.8) is 0 Å². The molecule has 0 aromatic heterocycles. The summed E-state index contributed by atoms with van der Waals surface area (Å²) >= 11 is 0. The van der Waals surface area contributed by atoms with Gasteiger partial charge >= 0.3 is 0 Å². The first-order valence-corrected chi connectivity index (χ1v) is 6.51. The van der Waals surface area contributed by atoms with Gasteiger partial charge in [-0.1, -0.05) is 25.1 Å². The van der Waals surface area contributed by atoms with Crippen molar-refractivity contribution in [3.05, 3.63) is 42.0 Å². The third kappa shape index (κ3) is 3.90. The summed E-state index contributed by atoms with van der Waals surface area (Å²) in [6.45, 7) is 4.05. The van der Waals surface area contributed by atoms with Crippen molar-refractivity contribution in [2.75, 3.05) is 6.54 Å². The molecule has 0 radical (unpaired) electrons. The Morgan fingerprint density at radius 2 is 2.12 bits per heavy atom. The molecule has 0 amide bonds. The number of allylic oxidation sites excluding steroid dienone is 1. The molecule has 2 nitrogen and oxygen atoms in total. The smallest absolute Gasteiger partial charge is 0.120 e. The minimum absolute atomic E-state index is 0.267. The van der Waals surface area contributed by atoms with Gasteiger partial charge in [0, 0.05) is 6.54 Å². The van der Waals surface area contributed by atoms with Gasteiger partial charge in [0.1, 0.15) is 11.9 Å². The van der Waals surface area contributed by atoms with Gasteiger partial charge in [-0.15, -0.1) is 0 Å². The second-order valence-electron chi connectivity index (χ2n) is 4.44. The van der Waals surface area contributed by atoms with Crippen LogP contribution >= 0.6 is 0 Å². The van der Waals surface area contributed by atoms with Crippen LogP contribution in [0.4, 0.5) is 0 Å². The molecule has 1 aromatic carbocycles. The van der Waals surface area contributed by atoms with Crippen LogP contribution in [0.5, 0.6) is 5.75 Å². The maximum Gasteiger partial charge on any atom is 0.120 e. The lowest BCUT2D eigenvalue weighted by molar-refractivity contribution is 0.230.